The lowest BCUT2D eigenvalue weighted by Crippen LogP contribution is -2.22. The zero-order valence-electron chi connectivity index (χ0n) is 11.4. The fourth-order valence-electron chi connectivity index (χ4n) is 1.36. The molecule has 1 aromatic carbocycles. The Bertz CT molecular complexity index is 369. The van der Waals surface area contributed by atoms with Crippen LogP contribution in [0.15, 0.2) is 24.3 Å². The fourth-order valence-corrected chi connectivity index (χ4v) is 1.36. The van der Waals surface area contributed by atoms with Gasteiger partial charge in [-0.05, 0) is 37.8 Å². The van der Waals surface area contributed by atoms with Gasteiger partial charge in [0.25, 0.3) is 0 Å². The van der Waals surface area contributed by atoms with Gasteiger partial charge in [-0.3, -0.25) is 4.79 Å². The van der Waals surface area contributed by atoms with Gasteiger partial charge in [0, 0.05) is 0 Å². The molecule has 0 amide bonds. The molecule has 0 heterocycles. The summed E-state index contributed by atoms with van der Waals surface area (Å²) in [5.74, 6) is 0.367. The molecule has 94 valence electrons. The summed E-state index contributed by atoms with van der Waals surface area (Å²) in [4.78, 5) is 11.6. The summed E-state index contributed by atoms with van der Waals surface area (Å²) in [6.45, 7) is 10.3. The largest absolute Gasteiger partial charge is 0.460 e. The molecule has 0 aliphatic carbocycles. The molecule has 1 aromatic rings. The van der Waals surface area contributed by atoms with E-state index in [9.17, 15) is 4.79 Å². The first kappa shape index (κ1) is 13.8. The number of carbonyl (C=O) groups is 1. The Morgan fingerprint density at radius 3 is 2.12 bits per heavy atom. The van der Waals surface area contributed by atoms with Crippen LogP contribution in [0.2, 0.25) is 0 Å². The molecule has 0 N–H and O–H groups in total. The third-order valence-corrected chi connectivity index (χ3v) is 2.63. The van der Waals surface area contributed by atoms with Gasteiger partial charge in [-0.2, -0.15) is 0 Å². The average Bonchev–Trinajstić information content (AvgIpc) is 2.25. The summed E-state index contributed by atoms with van der Waals surface area (Å²) in [5.41, 5.74) is 1.90. The quantitative estimate of drug-likeness (QED) is 0.741. The molecule has 2 heteroatoms. The van der Waals surface area contributed by atoms with Crippen molar-refractivity contribution in [3.63, 3.8) is 0 Å². The Morgan fingerprint density at radius 1 is 1.18 bits per heavy atom. The van der Waals surface area contributed by atoms with Gasteiger partial charge in [-0.15, -0.1) is 0 Å². The summed E-state index contributed by atoms with van der Waals surface area (Å²) in [7, 11) is 0. The number of carbonyl (C=O) groups excluding carboxylic acids is 1. The summed E-state index contributed by atoms with van der Waals surface area (Å²) in [5, 5.41) is 0. The molecule has 0 unspecified atom stereocenters. The highest BCUT2D eigenvalue weighted by Gasteiger charge is 2.22. The molecule has 0 aromatic heterocycles. The predicted octanol–water partition coefficient (Wildman–Crippen LogP) is 3.90. The van der Waals surface area contributed by atoms with Crippen LogP contribution in [0.1, 0.15) is 51.7 Å². The van der Waals surface area contributed by atoms with Gasteiger partial charge in [0.15, 0.2) is 0 Å². The summed E-state index contributed by atoms with van der Waals surface area (Å²) < 4.78 is 5.25. The van der Waals surface area contributed by atoms with Gasteiger partial charge in [-0.25, -0.2) is 0 Å². The van der Waals surface area contributed by atoms with E-state index in [1.807, 2.05) is 32.9 Å². The van der Waals surface area contributed by atoms with E-state index < -0.39 is 5.41 Å². The highest BCUT2D eigenvalue weighted by Crippen LogP contribution is 2.18. The monoisotopic (exact) mass is 234 g/mol. The van der Waals surface area contributed by atoms with Crippen LogP contribution in [0.3, 0.4) is 0 Å². The van der Waals surface area contributed by atoms with E-state index in [0.717, 1.165) is 5.56 Å². The lowest BCUT2D eigenvalue weighted by atomic mass is 9.97. The van der Waals surface area contributed by atoms with Crippen molar-refractivity contribution in [3.8, 4) is 0 Å². The Morgan fingerprint density at radius 2 is 1.71 bits per heavy atom. The SMILES string of the molecule is CC(C)c1ccc(COC(=O)C(C)(C)C)cc1. The lowest BCUT2D eigenvalue weighted by Gasteiger charge is -2.16. The van der Waals surface area contributed by atoms with Gasteiger partial charge in [0.1, 0.15) is 6.61 Å². The number of hydrogen-bond acceptors (Lipinski definition) is 2. The maximum Gasteiger partial charge on any atom is 0.311 e. The highest BCUT2D eigenvalue weighted by molar-refractivity contribution is 5.75. The highest BCUT2D eigenvalue weighted by atomic mass is 16.5. The first-order valence-electron chi connectivity index (χ1n) is 6.07. The van der Waals surface area contributed by atoms with Gasteiger partial charge >= 0.3 is 5.97 Å². The van der Waals surface area contributed by atoms with Crippen molar-refractivity contribution in [1.82, 2.24) is 0 Å². The molecule has 0 saturated carbocycles. The van der Waals surface area contributed by atoms with Crippen molar-refractivity contribution in [2.75, 3.05) is 0 Å². The van der Waals surface area contributed by atoms with Crippen LogP contribution in [0.25, 0.3) is 0 Å². The van der Waals surface area contributed by atoms with E-state index in [4.69, 9.17) is 4.74 Å². The minimum Gasteiger partial charge on any atom is -0.460 e. The van der Waals surface area contributed by atoms with Crippen molar-refractivity contribution in [2.45, 2.75) is 47.1 Å². The zero-order chi connectivity index (χ0) is 13.1. The Kier molecular flexibility index (Phi) is 4.33. The van der Waals surface area contributed by atoms with E-state index in [1.165, 1.54) is 5.56 Å². The van der Waals surface area contributed by atoms with Crippen molar-refractivity contribution < 1.29 is 9.53 Å². The number of ether oxygens (including phenoxy) is 1. The van der Waals surface area contributed by atoms with E-state index >= 15 is 0 Å². The first-order chi connectivity index (χ1) is 7.80. The molecule has 0 saturated heterocycles. The zero-order valence-corrected chi connectivity index (χ0v) is 11.4. The van der Waals surface area contributed by atoms with Crippen LogP contribution in [-0.4, -0.2) is 5.97 Å². The van der Waals surface area contributed by atoms with Crippen LogP contribution >= 0.6 is 0 Å². The summed E-state index contributed by atoms with van der Waals surface area (Å²) >= 11 is 0. The summed E-state index contributed by atoms with van der Waals surface area (Å²) in [6.07, 6.45) is 0. The normalized spacial score (nSPS) is 11.6. The van der Waals surface area contributed by atoms with E-state index in [-0.39, 0.29) is 5.97 Å². The summed E-state index contributed by atoms with van der Waals surface area (Å²) in [6, 6.07) is 8.21. The third-order valence-electron chi connectivity index (χ3n) is 2.63. The van der Waals surface area contributed by atoms with Gasteiger partial charge in [0.05, 0.1) is 5.41 Å². The minimum absolute atomic E-state index is 0.162. The minimum atomic E-state index is -0.433. The molecule has 2 nitrogen and oxygen atoms in total. The van der Waals surface area contributed by atoms with Crippen molar-refractivity contribution in [1.29, 1.82) is 0 Å². The molecule has 0 fully saturated rings. The first-order valence-corrected chi connectivity index (χ1v) is 6.07. The standard InChI is InChI=1S/C15H22O2/c1-11(2)13-8-6-12(7-9-13)10-17-14(16)15(3,4)5/h6-9,11H,10H2,1-5H3. The topological polar surface area (TPSA) is 26.3 Å². The maximum atomic E-state index is 11.6. The van der Waals surface area contributed by atoms with E-state index in [0.29, 0.717) is 12.5 Å². The Hall–Kier alpha value is -1.31. The predicted molar refractivity (Wildman–Crippen MR) is 69.8 cm³/mol. The van der Waals surface area contributed by atoms with Crippen LogP contribution in [0.4, 0.5) is 0 Å². The second-order valence-corrected chi connectivity index (χ2v) is 5.72. The number of benzene rings is 1. The maximum absolute atomic E-state index is 11.6. The Balaban J connectivity index is 2.56. The van der Waals surface area contributed by atoms with Crippen LogP contribution < -0.4 is 0 Å². The molecule has 0 radical (unpaired) electrons. The number of rotatable bonds is 3. The van der Waals surface area contributed by atoms with Gasteiger partial charge in [0.2, 0.25) is 0 Å². The van der Waals surface area contributed by atoms with Crippen LogP contribution in [0, 0.1) is 5.41 Å². The fraction of sp³-hybridized carbons (Fsp3) is 0.533. The smallest absolute Gasteiger partial charge is 0.311 e. The molecule has 0 spiro atoms. The molecule has 0 atom stereocenters. The molecular weight excluding hydrogens is 212 g/mol. The van der Waals surface area contributed by atoms with Crippen molar-refractivity contribution in [2.24, 2.45) is 5.41 Å². The van der Waals surface area contributed by atoms with E-state index in [1.54, 1.807) is 0 Å². The lowest BCUT2D eigenvalue weighted by molar-refractivity contribution is -0.154. The van der Waals surface area contributed by atoms with Crippen molar-refractivity contribution in [3.05, 3.63) is 35.4 Å². The van der Waals surface area contributed by atoms with E-state index in [2.05, 4.69) is 26.0 Å². The molecule has 0 aliphatic rings. The number of esters is 1. The second kappa shape index (κ2) is 5.35. The molecule has 0 aliphatic heterocycles. The molecule has 1 rings (SSSR count). The number of hydrogen-bond donors (Lipinski definition) is 0. The molecule has 0 bridgehead atoms. The van der Waals surface area contributed by atoms with Crippen molar-refractivity contribution >= 4 is 5.97 Å². The van der Waals surface area contributed by atoms with Crippen LogP contribution in [-0.2, 0) is 16.1 Å². The van der Waals surface area contributed by atoms with Crippen LogP contribution in [0.5, 0.6) is 0 Å². The third kappa shape index (κ3) is 4.22. The van der Waals surface area contributed by atoms with Gasteiger partial charge < -0.3 is 4.74 Å². The molecule has 17 heavy (non-hydrogen) atoms. The Labute approximate surface area is 104 Å². The second-order valence-electron chi connectivity index (χ2n) is 5.72. The van der Waals surface area contributed by atoms with Gasteiger partial charge in [-0.1, -0.05) is 38.1 Å². The molecular formula is C15H22O2. The average molecular weight is 234 g/mol.